The van der Waals surface area contributed by atoms with Crippen LogP contribution in [0.15, 0.2) is 65.6 Å². The summed E-state index contributed by atoms with van der Waals surface area (Å²) < 4.78 is 78.9. The third kappa shape index (κ3) is 4.87. The van der Waals surface area contributed by atoms with Crippen molar-refractivity contribution in [3.8, 4) is 11.5 Å². The van der Waals surface area contributed by atoms with E-state index < -0.39 is 39.9 Å². The van der Waals surface area contributed by atoms with Gasteiger partial charge in [-0.05, 0) is 42.5 Å². The summed E-state index contributed by atoms with van der Waals surface area (Å²) in [4.78, 5) is 12.4. The van der Waals surface area contributed by atoms with Gasteiger partial charge < -0.3 is 14.8 Å². The number of hydrogen-bond acceptors (Lipinski definition) is 5. The third-order valence-electron chi connectivity index (χ3n) is 4.69. The second-order valence-corrected chi connectivity index (χ2v) is 8.84. The highest BCUT2D eigenvalue weighted by Crippen LogP contribution is 2.34. The fraction of sp³-hybridized carbons (Fsp3) is 0.136. The van der Waals surface area contributed by atoms with Crippen LogP contribution in [0.4, 0.5) is 24.5 Å². The monoisotopic (exact) mass is 478 g/mol. The van der Waals surface area contributed by atoms with Crippen LogP contribution < -0.4 is 19.1 Å². The van der Waals surface area contributed by atoms with Crippen molar-refractivity contribution in [2.45, 2.75) is 4.90 Å². The Kier molecular flexibility index (Phi) is 6.14. The van der Waals surface area contributed by atoms with Crippen LogP contribution in [0.25, 0.3) is 0 Å². The fourth-order valence-corrected chi connectivity index (χ4v) is 4.59. The summed E-state index contributed by atoms with van der Waals surface area (Å²) in [5.41, 5.74) is -0.180. The minimum atomic E-state index is -4.37. The van der Waals surface area contributed by atoms with Gasteiger partial charge >= 0.3 is 0 Å². The first-order chi connectivity index (χ1) is 15.7. The second-order valence-electron chi connectivity index (χ2n) is 6.97. The molecule has 0 bridgehead atoms. The lowest BCUT2D eigenvalue weighted by Crippen LogP contribution is -2.38. The predicted molar refractivity (Wildman–Crippen MR) is 113 cm³/mol. The molecule has 1 aliphatic rings. The number of benzene rings is 3. The maximum absolute atomic E-state index is 13.9. The normalized spacial score (nSPS) is 12.8. The molecule has 0 atom stereocenters. The average molecular weight is 478 g/mol. The highest BCUT2D eigenvalue weighted by atomic mass is 32.2. The van der Waals surface area contributed by atoms with Gasteiger partial charge in [-0.25, -0.2) is 21.6 Å². The lowest BCUT2D eigenvalue weighted by atomic mass is 10.3. The SMILES string of the molecule is O=C(CN(c1cccc(F)c1)S(=O)(=O)c1ccc2c(c1)OCCO2)Nc1ccc(F)c(F)c1. The summed E-state index contributed by atoms with van der Waals surface area (Å²) in [5.74, 6) is -3.27. The molecule has 11 heteroatoms. The van der Waals surface area contributed by atoms with Gasteiger partial charge in [-0.15, -0.1) is 0 Å². The third-order valence-corrected chi connectivity index (χ3v) is 6.46. The van der Waals surface area contributed by atoms with Crippen LogP contribution in [-0.4, -0.2) is 34.1 Å². The van der Waals surface area contributed by atoms with Crippen LogP contribution in [0.5, 0.6) is 11.5 Å². The van der Waals surface area contributed by atoms with Gasteiger partial charge in [-0.2, -0.15) is 0 Å². The van der Waals surface area contributed by atoms with Crippen LogP contribution >= 0.6 is 0 Å². The molecule has 0 aliphatic carbocycles. The molecule has 1 heterocycles. The smallest absolute Gasteiger partial charge is 0.264 e. The number of rotatable bonds is 6. The molecule has 0 fully saturated rings. The number of anilines is 2. The van der Waals surface area contributed by atoms with Crippen molar-refractivity contribution in [3.05, 3.63) is 78.1 Å². The largest absolute Gasteiger partial charge is 0.486 e. The molecule has 172 valence electrons. The van der Waals surface area contributed by atoms with E-state index in [0.29, 0.717) is 16.7 Å². The molecule has 33 heavy (non-hydrogen) atoms. The summed E-state index contributed by atoms with van der Waals surface area (Å²) in [7, 11) is -4.37. The molecule has 1 N–H and O–H groups in total. The van der Waals surface area contributed by atoms with Crippen molar-refractivity contribution in [2.75, 3.05) is 29.4 Å². The summed E-state index contributed by atoms with van der Waals surface area (Å²) in [6.45, 7) is -0.210. The Balaban J connectivity index is 1.67. The van der Waals surface area contributed by atoms with Gasteiger partial charge in [0.25, 0.3) is 10.0 Å². The maximum atomic E-state index is 13.9. The number of carbonyl (C=O) groups is 1. The summed E-state index contributed by atoms with van der Waals surface area (Å²) >= 11 is 0. The van der Waals surface area contributed by atoms with Crippen LogP contribution in [-0.2, 0) is 14.8 Å². The molecular formula is C22H17F3N2O5S. The first kappa shape index (κ1) is 22.5. The van der Waals surface area contributed by atoms with Gasteiger partial charge in [0.15, 0.2) is 23.1 Å². The maximum Gasteiger partial charge on any atom is 0.264 e. The number of halogens is 3. The summed E-state index contributed by atoms with van der Waals surface area (Å²) in [5, 5.41) is 2.31. The first-order valence-corrected chi connectivity index (χ1v) is 11.1. The van der Waals surface area contributed by atoms with E-state index in [1.807, 2.05) is 0 Å². The van der Waals surface area contributed by atoms with Gasteiger partial charge in [0.05, 0.1) is 10.6 Å². The predicted octanol–water partition coefficient (Wildman–Crippen LogP) is 3.71. The van der Waals surface area contributed by atoms with Gasteiger partial charge in [-0.1, -0.05) is 6.07 Å². The lowest BCUT2D eigenvalue weighted by Gasteiger charge is -2.25. The lowest BCUT2D eigenvalue weighted by molar-refractivity contribution is -0.114. The Morgan fingerprint density at radius 1 is 0.909 bits per heavy atom. The molecule has 0 spiro atoms. The van der Waals surface area contributed by atoms with Crippen molar-refractivity contribution in [1.82, 2.24) is 0 Å². The average Bonchev–Trinajstić information content (AvgIpc) is 2.79. The minimum absolute atomic E-state index is 0.0742. The van der Waals surface area contributed by atoms with E-state index in [1.54, 1.807) is 0 Å². The number of nitrogens with zero attached hydrogens (tertiary/aromatic N) is 1. The summed E-state index contributed by atoms with van der Waals surface area (Å²) in [6, 6.07) is 11.4. The van der Waals surface area contributed by atoms with Gasteiger partial charge in [0.2, 0.25) is 5.91 Å². The number of fused-ring (bicyclic) bond motifs is 1. The second kappa shape index (κ2) is 9.02. The molecule has 0 radical (unpaired) electrons. The Labute approximate surface area is 187 Å². The van der Waals surface area contributed by atoms with E-state index in [9.17, 15) is 26.4 Å². The Morgan fingerprint density at radius 3 is 2.39 bits per heavy atom. The van der Waals surface area contributed by atoms with Gasteiger partial charge in [0, 0.05) is 17.8 Å². The van der Waals surface area contributed by atoms with E-state index >= 15 is 0 Å². The van der Waals surface area contributed by atoms with E-state index in [-0.39, 0.29) is 28.6 Å². The highest BCUT2D eigenvalue weighted by Gasteiger charge is 2.29. The fourth-order valence-electron chi connectivity index (χ4n) is 3.16. The molecule has 4 rings (SSSR count). The number of hydrogen-bond donors (Lipinski definition) is 1. The van der Waals surface area contributed by atoms with E-state index in [4.69, 9.17) is 9.47 Å². The molecule has 0 aromatic heterocycles. The zero-order chi connectivity index (χ0) is 23.6. The van der Waals surface area contributed by atoms with E-state index in [1.165, 1.54) is 30.3 Å². The molecule has 0 saturated heterocycles. The molecule has 3 aromatic carbocycles. The Hall–Kier alpha value is -3.73. The Bertz CT molecular complexity index is 1320. The molecular weight excluding hydrogens is 461 g/mol. The number of amides is 1. The van der Waals surface area contributed by atoms with Gasteiger partial charge in [-0.3, -0.25) is 9.10 Å². The topological polar surface area (TPSA) is 84.9 Å². The number of nitrogens with one attached hydrogen (secondary N) is 1. The number of sulfonamides is 1. The first-order valence-electron chi connectivity index (χ1n) is 9.67. The zero-order valence-electron chi connectivity index (χ0n) is 16.9. The van der Waals surface area contributed by atoms with E-state index in [2.05, 4.69) is 5.32 Å². The van der Waals surface area contributed by atoms with Crippen LogP contribution in [0.1, 0.15) is 0 Å². The van der Waals surface area contributed by atoms with Crippen molar-refractivity contribution < 1.29 is 35.9 Å². The standard InChI is InChI=1S/C22H17F3N2O5S/c23-14-2-1-3-16(10-14)27(13-22(28)26-15-4-6-18(24)19(25)11-15)33(29,30)17-5-7-20-21(12-17)32-9-8-31-20/h1-7,10-12H,8-9,13H2,(H,26,28). The van der Waals surface area contributed by atoms with Gasteiger partial charge in [0.1, 0.15) is 25.6 Å². The number of ether oxygens (including phenoxy) is 2. The van der Waals surface area contributed by atoms with Crippen molar-refractivity contribution in [2.24, 2.45) is 0 Å². The van der Waals surface area contributed by atoms with Crippen LogP contribution in [0.3, 0.4) is 0 Å². The molecule has 1 amide bonds. The van der Waals surface area contributed by atoms with Crippen molar-refractivity contribution in [3.63, 3.8) is 0 Å². The van der Waals surface area contributed by atoms with E-state index in [0.717, 1.165) is 30.3 Å². The van der Waals surface area contributed by atoms with Crippen LogP contribution in [0.2, 0.25) is 0 Å². The molecule has 7 nitrogen and oxygen atoms in total. The minimum Gasteiger partial charge on any atom is -0.486 e. The zero-order valence-corrected chi connectivity index (χ0v) is 17.7. The Morgan fingerprint density at radius 2 is 1.67 bits per heavy atom. The van der Waals surface area contributed by atoms with Crippen molar-refractivity contribution >= 4 is 27.3 Å². The molecule has 0 saturated carbocycles. The highest BCUT2D eigenvalue weighted by molar-refractivity contribution is 7.92. The molecule has 3 aromatic rings. The summed E-state index contributed by atoms with van der Waals surface area (Å²) in [6.07, 6.45) is 0. The molecule has 0 unspecified atom stereocenters. The van der Waals surface area contributed by atoms with Crippen molar-refractivity contribution in [1.29, 1.82) is 0 Å². The van der Waals surface area contributed by atoms with Crippen LogP contribution in [0, 0.1) is 17.5 Å². The quantitative estimate of drug-likeness (QED) is 0.584. The molecule has 1 aliphatic heterocycles. The number of carbonyl (C=O) groups excluding carboxylic acids is 1.